The Labute approximate surface area is 253 Å². The van der Waals surface area contributed by atoms with Crippen LogP contribution < -0.4 is 15.5 Å². The number of ether oxygens (including phenoxy) is 1. The zero-order valence-electron chi connectivity index (χ0n) is 23.7. The molecule has 1 aromatic carbocycles. The van der Waals surface area contributed by atoms with Gasteiger partial charge in [-0.25, -0.2) is 9.03 Å². The first-order chi connectivity index (χ1) is 21.8. The Hall–Kier alpha value is -5.88. The first kappa shape index (κ1) is 27.0. The average molecular weight is 584 g/mol. The largest absolute Gasteiger partial charge is 0.378 e. The summed E-state index contributed by atoms with van der Waals surface area (Å²) >= 11 is 0. The average Bonchev–Trinajstić information content (AvgIpc) is 3.70. The molecule has 0 amide bonds. The van der Waals surface area contributed by atoms with E-state index in [1.807, 2.05) is 67.0 Å². The van der Waals surface area contributed by atoms with Crippen molar-refractivity contribution in [3.05, 3.63) is 116 Å². The molecule has 7 heterocycles. The van der Waals surface area contributed by atoms with Gasteiger partial charge in [-0.05, 0) is 78.4 Å². The number of hydrogen-bond donors (Lipinski definition) is 2. The SMILES string of the molecule is c1cc(-c2ccncc2)c2nc(Nc3ccc(N4CCOCC4)cc3)nn2c1.c1ccn2nc(Nc3ccncc3)nc2c1. The zero-order chi connectivity index (χ0) is 29.6. The quantitative estimate of drug-likeness (QED) is 0.269. The minimum Gasteiger partial charge on any atom is -0.378 e. The van der Waals surface area contributed by atoms with Crippen molar-refractivity contribution in [2.75, 3.05) is 41.8 Å². The lowest BCUT2D eigenvalue weighted by atomic mass is 10.1. The molecule has 1 fully saturated rings. The van der Waals surface area contributed by atoms with Crippen molar-refractivity contribution < 1.29 is 4.74 Å². The molecule has 0 saturated carbocycles. The lowest BCUT2D eigenvalue weighted by molar-refractivity contribution is 0.122. The zero-order valence-corrected chi connectivity index (χ0v) is 23.7. The highest BCUT2D eigenvalue weighted by Gasteiger charge is 2.12. The molecule has 0 radical (unpaired) electrons. The second-order valence-corrected chi connectivity index (χ2v) is 9.93. The van der Waals surface area contributed by atoms with Crippen molar-refractivity contribution in [3.8, 4) is 11.1 Å². The van der Waals surface area contributed by atoms with Crippen LogP contribution in [-0.4, -0.2) is 65.5 Å². The van der Waals surface area contributed by atoms with E-state index in [4.69, 9.17) is 4.74 Å². The molecular weight excluding hydrogens is 554 g/mol. The molecule has 1 aliphatic rings. The number of rotatable bonds is 6. The Morgan fingerprint density at radius 3 is 2.02 bits per heavy atom. The molecule has 12 heteroatoms. The number of morpholine rings is 1. The van der Waals surface area contributed by atoms with E-state index in [9.17, 15) is 0 Å². The molecule has 7 aromatic rings. The summed E-state index contributed by atoms with van der Waals surface area (Å²) in [7, 11) is 0. The summed E-state index contributed by atoms with van der Waals surface area (Å²) in [6.45, 7) is 3.42. The van der Waals surface area contributed by atoms with Crippen LogP contribution in [0.25, 0.3) is 22.4 Å². The van der Waals surface area contributed by atoms with E-state index in [1.54, 1.807) is 33.8 Å². The predicted molar refractivity (Wildman–Crippen MR) is 169 cm³/mol. The number of pyridine rings is 4. The Bertz CT molecular complexity index is 1920. The van der Waals surface area contributed by atoms with Gasteiger partial charge in [-0.2, -0.15) is 9.97 Å². The summed E-state index contributed by atoms with van der Waals surface area (Å²) in [5.41, 5.74) is 6.80. The number of aromatic nitrogens is 8. The number of fused-ring (bicyclic) bond motifs is 2. The van der Waals surface area contributed by atoms with Gasteiger partial charge in [0.15, 0.2) is 11.3 Å². The van der Waals surface area contributed by atoms with Crippen molar-refractivity contribution >= 4 is 40.3 Å². The van der Waals surface area contributed by atoms with E-state index >= 15 is 0 Å². The van der Waals surface area contributed by atoms with Crippen LogP contribution in [0.5, 0.6) is 0 Å². The molecule has 0 spiro atoms. The van der Waals surface area contributed by atoms with Gasteiger partial charge in [-0.15, -0.1) is 10.2 Å². The molecule has 8 rings (SSSR count). The summed E-state index contributed by atoms with van der Waals surface area (Å²) in [4.78, 5) is 19.4. The predicted octanol–water partition coefficient (Wildman–Crippen LogP) is 5.24. The van der Waals surface area contributed by atoms with Gasteiger partial charge in [0.2, 0.25) is 11.9 Å². The van der Waals surface area contributed by atoms with Gasteiger partial charge < -0.3 is 20.3 Å². The van der Waals surface area contributed by atoms with Gasteiger partial charge in [0, 0.05) is 72.9 Å². The number of nitrogens with one attached hydrogen (secondary N) is 2. The summed E-state index contributed by atoms with van der Waals surface area (Å²) in [5.74, 6) is 1.15. The van der Waals surface area contributed by atoms with Crippen molar-refractivity contribution in [2.45, 2.75) is 0 Å². The van der Waals surface area contributed by atoms with E-state index in [-0.39, 0.29) is 0 Å². The second kappa shape index (κ2) is 12.5. The van der Waals surface area contributed by atoms with Crippen LogP contribution in [0.3, 0.4) is 0 Å². The van der Waals surface area contributed by atoms with Gasteiger partial charge in [0.05, 0.1) is 13.2 Å². The standard InChI is InChI=1S/C21H20N6O.C11H9N5/c1-2-19(16-7-9-22-10-8-16)20-24-21(25-27(20)11-1)23-17-3-5-18(6-4-17)26-12-14-28-15-13-26;1-2-8-16-10(3-1)14-11(15-16)13-9-4-6-12-7-5-9/h1-11H,12-15H2,(H,23,25);1-8H,(H,12,13,15). The third kappa shape index (κ3) is 6.15. The van der Waals surface area contributed by atoms with Gasteiger partial charge in [0.1, 0.15) is 0 Å². The molecule has 44 heavy (non-hydrogen) atoms. The van der Waals surface area contributed by atoms with Crippen LogP contribution in [0.1, 0.15) is 0 Å². The fourth-order valence-corrected chi connectivity index (χ4v) is 4.87. The number of hydrogen-bond acceptors (Lipinski definition) is 10. The first-order valence-corrected chi connectivity index (χ1v) is 14.2. The van der Waals surface area contributed by atoms with Crippen LogP contribution in [-0.2, 0) is 4.74 Å². The second-order valence-electron chi connectivity index (χ2n) is 9.93. The van der Waals surface area contributed by atoms with Gasteiger partial charge in [0.25, 0.3) is 0 Å². The number of anilines is 5. The smallest absolute Gasteiger partial charge is 0.247 e. The molecule has 1 saturated heterocycles. The number of nitrogens with zero attached hydrogens (tertiary/aromatic N) is 9. The molecule has 0 bridgehead atoms. The molecule has 2 N–H and O–H groups in total. The maximum atomic E-state index is 5.42. The molecule has 1 aliphatic heterocycles. The van der Waals surface area contributed by atoms with E-state index in [2.05, 4.69) is 69.9 Å². The fourth-order valence-electron chi connectivity index (χ4n) is 4.87. The van der Waals surface area contributed by atoms with Crippen LogP contribution in [0, 0.1) is 0 Å². The maximum Gasteiger partial charge on any atom is 0.247 e. The van der Waals surface area contributed by atoms with Crippen molar-refractivity contribution in [2.24, 2.45) is 0 Å². The lowest BCUT2D eigenvalue weighted by Crippen LogP contribution is -2.36. The normalized spacial score (nSPS) is 13.0. The topological polar surface area (TPSA) is 123 Å². The maximum absolute atomic E-state index is 5.42. The van der Waals surface area contributed by atoms with Crippen LogP contribution in [0.2, 0.25) is 0 Å². The highest BCUT2D eigenvalue weighted by molar-refractivity contribution is 5.78. The third-order valence-electron chi connectivity index (χ3n) is 7.03. The lowest BCUT2D eigenvalue weighted by Gasteiger charge is -2.28. The summed E-state index contributed by atoms with van der Waals surface area (Å²) in [5, 5.41) is 15.3. The van der Waals surface area contributed by atoms with Crippen LogP contribution >= 0.6 is 0 Å². The Morgan fingerprint density at radius 2 is 1.27 bits per heavy atom. The third-order valence-corrected chi connectivity index (χ3v) is 7.03. The van der Waals surface area contributed by atoms with Crippen molar-refractivity contribution in [3.63, 3.8) is 0 Å². The molecule has 0 unspecified atom stereocenters. The fraction of sp³-hybridized carbons (Fsp3) is 0.125. The minimum atomic E-state index is 0.570. The van der Waals surface area contributed by atoms with Gasteiger partial charge >= 0.3 is 0 Å². The number of benzene rings is 1. The minimum absolute atomic E-state index is 0.570. The highest BCUT2D eigenvalue weighted by Crippen LogP contribution is 2.25. The molecule has 0 atom stereocenters. The van der Waals surface area contributed by atoms with Gasteiger partial charge in [-0.1, -0.05) is 6.07 Å². The summed E-state index contributed by atoms with van der Waals surface area (Å²) in [6.07, 6.45) is 10.8. The molecule has 0 aliphatic carbocycles. The Morgan fingerprint density at radius 1 is 0.614 bits per heavy atom. The highest BCUT2D eigenvalue weighted by atomic mass is 16.5. The molecule has 12 nitrogen and oxygen atoms in total. The van der Waals surface area contributed by atoms with Gasteiger partial charge in [-0.3, -0.25) is 9.97 Å². The summed E-state index contributed by atoms with van der Waals surface area (Å²) < 4.78 is 8.94. The molecular formula is C32H29N11O. The van der Waals surface area contributed by atoms with E-state index in [0.29, 0.717) is 11.9 Å². The molecule has 6 aromatic heterocycles. The monoisotopic (exact) mass is 583 g/mol. The molecule has 218 valence electrons. The Kier molecular flexibility index (Phi) is 7.70. The first-order valence-electron chi connectivity index (χ1n) is 14.2. The van der Waals surface area contributed by atoms with Crippen molar-refractivity contribution in [1.82, 2.24) is 39.2 Å². The van der Waals surface area contributed by atoms with Crippen LogP contribution in [0.15, 0.2) is 116 Å². The van der Waals surface area contributed by atoms with E-state index < -0.39 is 0 Å². The van der Waals surface area contributed by atoms with Crippen molar-refractivity contribution in [1.29, 1.82) is 0 Å². The van der Waals surface area contributed by atoms with Crippen LogP contribution in [0.4, 0.5) is 29.0 Å². The summed E-state index contributed by atoms with van der Waals surface area (Å²) in [6, 6.07) is 25.8. The van der Waals surface area contributed by atoms with E-state index in [1.165, 1.54) is 5.69 Å². The Balaban J connectivity index is 0.000000165. The van der Waals surface area contributed by atoms with E-state index in [0.717, 1.165) is 60.1 Å².